The number of carboxylic acids is 2. The molecule has 0 radical (unpaired) electrons. The van der Waals surface area contributed by atoms with Crippen LogP contribution in [0.4, 0.5) is 0 Å². The van der Waals surface area contributed by atoms with Gasteiger partial charge >= 0.3 is 11.9 Å². The molecule has 4 aromatic rings. The molecule has 3 atom stereocenters. The van der Waals surface area contributed by atoms with Gasteiger partial charge < -0.3 is 31.3 Å². The Bertz CT molecular complexity index is 1880. The highest BCUT2D eigenvalue weighted by Crippen LogP contribution is 2.30. The highest BCUT2D eigenvalue weighted by Gasteiger charge is 2.28. The molecule has 300 valence electrons. The van der Waals surface area contributed by atoms with E-state index in [1.807, 2.05) is 75.4 Å². The number of benzene rings is 2. The second-order valence-electron chi connectivity index (χ2n) is 14.3. The van der Waals surface area contributed by atoms with E-state index in [1.165, 1.54) is 37.0 Å². The molecule has 4 rings (SSSR count). The minimum absolute atomic E-state index is 0.0505. The summed E-state index contributed by atoms with van der Waals surface area (Å²) >= 11 is 1.33. The van der Waals surface area contributed by atoms with E-state index in [0.29, 0.717) is 17.3 Å². The quantitative estimate of drug-likeness (QED) is 0.0395. The number of rotatable bonds is 22. The van der Waals surface area contributed by atoms with Gasteiger partial charge in [0.2, 0.25) is 5.91 Å². The van der Waals surface area contributed by atoms with Crippen molar-refractivity contribution in [2.75, 3.05) is 18.1 Å². The van der Waals surface area contributed by atoms with Gasteiger partial charge in [-0.25, -0.2) is 14.8 Å². The zero-order valence-electron chi connectivity index (χ0n) is 32.2. The molecule has 2 amide bonds. The number of carbonyl (C=O) groups excluding carboxylic acids is 2. The first-order chi connectivity index (χ1) is 26.7. The molecule has 2 heterocycles. The van der Waals surface area contributed by atoms with Gasteiger partial charge in [0.05, 0.1) is 11.5 Å². The molecule has 2 aromatic carbocycles. The number of nitrogens with zero attached hydrogens (tertiary/aromatic N) is 2. The van der Waals surface area contributed by atoms with Crippen molar-refractivity contribution in [3.63, 3.8) is 0 Å². The Morgan fingerprint density at radius 2 is 1.43 bits per heavy atom. The second kappa shape index (κ2) is 21.8. The molecule has 1 unspecified atom stereocenters. The molecule has 15 heteroatoms. The monoisotopic (exact) mass is 821 g/mol. The maximum absolute atomic E-state index is 13.6. The van der Waals surface area contributed by atoms with Gasteiger partial charge in [-0.3, -0.25) is 14.4 Å². The van der Waals surface area contributed by atoms with Crippen molar-refractivity contribution < 1.29 is 34.1 Å². The third-order valence-corrected chi connectivity index (χ3v) is 12.7. The first-order valence-electron chi connectivity index (χ1n) is 18.6. The van der Waals surface area contributed by atoms with E-state index in [0.717, 1.165) is 60.9 Å². The lowest BCUT2D eigenvalue weighted by molar-refractivity contribution is -0.141. The van der Waals surface area contributed by atoms with E-state index in [9.17, 15) is 24.3 Å². The van der Waals surface area contributed by atoms with Crippen LogP contribution in [0.3, 0.4) is 0 Å². The SMILES string of the molecule is CCCCCCCOc1ccc(-c2cnc(-c3ccc(CC(NC(=O)c4ccc(C(C)(C)C)s4)C(=O)N[C@@H](CSSC[C@H](N)C(=O)O)C(=O)O)cc3)nc2)cc1. The van der Waals surface area contributed by atoms with Crippen molar-refractivity contribution in [1.82, 2.24) is 20.6 Å². The number of aromatic nitrogens is 2. The van der Waals surface area contributed by atoms with E-state index >= 15 is 0 Å². The van der Waals surface area contributed by atoms with Gasteiger partial charge in [-0.2, -0.15) is 0 Å². The van der Waals surface area contributed by atoms with Gasteiger partial charge in [-0.05, 0) is 47.2 Å². The molecule has 0 aliphatic rings. The fraction of sp³-hybridized carbons (Fsp3) is 0.415. The van der Waals surface area contributed by atoms with Crippen molar-refractivity contribution in [3.05, 3.63) is 88.4 Å². The lowest BCUT2D eigenvalue weighted by Gasteiger charge is -2.21. The van der Waals surface area contributed by atoms with Crippen LogP contribution in [0.15, 0.2) is 73.1 Å². The summed E-state index contributed by atoms with van der Waals surface area (Å²) < 4.78 is 5.89. The third-order valence-electron chi connectivity index (χ3n) is 8.70. The van der Waals surface area contributed by atoms with Crippen LogP contribution in [-0.2, 0) is 26.2 Å². The number of hydrogen-bond donors (Lipinski definition) is 5. The summed E-state index contributed by atoms with van der Waals surface area (Å²) in [4.78, 5) is 60.8. The largest absolute Gasteiger partial charge is 0.494 e. The van der Waals surface area contributed by atoms with E-state index in [2.05, 4.69) is 27.5 Å². The van der Waals surface area contributed by atoms with Crippen LogP contribution < -0.4 is 21.1 Å². The number of carbonyl (C=O) groups is 4. The standard InChI is InChI=1S/C41H51N5O7S3/c1-5-6-7-8-9-20-53-30-16-14-27(15-17-30)29-22-43-36(44-23-29)28-12-10-26(11-13-28)21-32(45-38(48)34-18-19-35(56-34)41(2,3)4)37(47)46-33(40(51)52)25-55-54-24-31(42)39(49)50/h10-19,22-23,31-33H,5-9,20-21,24-25,42H2,1-4H3,(H,45,48)(H,46,47)(H,49,50)(H,51,52)/t31-,32?,33-/m0/s1. The van der Waals surface area contributed by atoms with Crippen LogP contribution in [0.1, 0.15) is 79.9 Å². The molecule has 2 aromatic heterocycles. The van der Waals surface area contributed by atoms with Crippen LogP contribution in [0.5, 0.6) is 5.75 Å². The normalized spacial score (nSPS) is 13.0. The number of hydrogen-bond acceptors (Lipinski definition) is 11. The molecule has 0 saturated heterocycles. The Morgan fingerprint density at radius 3 is 2.04 bits per heavy atom. The van der Waals surface area contributed by atoms with E-state index < -0.39 is 41.9 Å². The number of nitrogens with two attached hydrogens (primary N) is 1. The molecule has 12 nitrogen and oxygen atoms in total. The molecule has 0 aliphatic carbocycles. The van der Waals surface area contributed by atoms with Crippen LogP contribution in [0.25, 0.3) is 22.5 Å². The van der Waals surface area contributed by atoms with Gasteiger partial charge in [0.25, 0.3) is 5.91 Å². The average Bonchev–Trinajstić information content (AvgIpc) is 3.69. The first-order valence-corrected chi connectivity index (χ1v) is 21.9. The lowest BCUT2D eigenvalue weighted by Crippen LogP contribution is -2.53. The molecule has 0 fully saturated rings. The van der Waals surface area contributed by atoms with Gasteiger partial charge in [-0.15, -0.1) is 11.3 Å². The van der Waals surface area contributed by atoms with Gasteiger partial charge in [0, 0.05) is 46.3 Å². The molecule has 56 heavy (non-hydrogen) atoms. The number of unbranched alkanes of at least 4 members (excludes halogenated alkanes) is 4. The van der Waals surface area contributed by atoms with Crippen LogP contribution in [0, 0.1) is 0 Å². The topological polar surface area (TPSA) is 194 Å². The van der Waals surface area contributed by atoms with Gasteiger partial charge in [-0.1, -0.05) is 111 Å². The smallest absolute Gasteiger partial charge is 0.327 e. The van der Waals surface area contributed by atoms with E-state index in [-0.39, 0.29) is 23.3 Å². The number of ether oxygens (including phenoxy) is 1. The summed E-state index contributed by atoms with van der Waals surface area (Å²) in [6, 6.07) is 15.3. The summed E-state index contributed by atoms with van der Waals surface area (Å²) in [5, 5.41) is 24.2. The Kier molecular flexibility index (Phi) is 17.2. The van der Waals surface area contributed by atoms with E-state index in [1.54, 1.807) is 18.5 Å². The molecule has 0 saturated carbocycles. The summed E-state index contributed by atoms with van der Waals surface area (Å²) in [6.45, 7) is 9.04. The summed E-state index contributed by atoms with van der Waals surface area (Å²) in [6.07, 6.45) is 9.54. The summed E-state index contributed by atoms with van der Waals surface area (Å²) in [7, 11) is 2.19. The second-order valence-corrected chi connectivity index (χ2v) is 18.0. The van der Waals surface area contributed by atoms with Crippen LogP contribution in [-0.4, -0.2) is 80.2 Å². The van der Waals surface area contributed by atoms with Crippen molar-refractivity contribution >= 4 is 56.7 Å². The predicted molar refractivity (Wildman–Crippen MR) is 225 cm³/mol. The number of thiophene rings is 1. The van der Waals surface area contributed by atoms with Crippen molar-refractivity contribution in [3.8, 4) is 28.3 Å². The molecule has 6 N–H and O–H groups in total. The van der Waals surface area contributed by atoms with Gasteiger partial charge in [0.15, 0.2) is 5.82 Å². The number of amides is 2. The highest BCUT2D eigenvalue weighted by atomic mass is 33.1. The maximum atomic E-state index is 13.6. The zero-order chi connectivity index (χ0) is 40.7. The Balaban J connectivity index is 1.42. The fourth-order valence-corrected chi connectivity index (χ4v) is 8.58. The van der Waals surface area contributed by atoms with Crippen molar-refractivity contribution in [1.29, 1.82) is 0 Å². The minimum atomic E-state index is -1.30. The van der Waals surface area contributed by atoms with E-state index in [4.69, 9.17) is 15.6 Å². The van der Waals surface area contributed by atoms with Crippen LogP contribution in [0.2, 0.25) is 0 Å². The summed E-state index contributed by atoms with van der Waals surface area (Å²) in [5.74, 6) is -2.19. The van der Waals surface area contributed by atoms with Gasteiger partial charge in [0.1, 0.15) is 23.9 Å². The van der Waals surface area contributed by atoms with Crippen molar-refractivity contribution in [2.24, 2.45) is 5.73 Å². The Hall–Kier alpha value is -4.44. The molecule has 0 spiro atoms. The third kappa shape index (κ3) is 13.9. The molecule has 0 bridgehead atoms. The highest BCUT2D eigenvalue weighted by molar-refractivity contribution is 8.76. The summed E-state index contributed by atoms with van der Waals surface area (Å²) in [5.41, 5.74) is 8.67. The zero-order valence-corrected chi connectivity index (χ0v) is 34.6. The maximum Gasteiger partial charge on any atom is 0.327 e. The predicted octanol–water partition coefficient (Wildman–Crippen LogP) is 7.22. The Morgan fingerprint density at radius 1 is 0.786 bits per heavy atom. The van der Waals surface area contributed by atoms with Crippen LogP contribution >= 0.6 is 32.9 Å². The first kappa shape index (κ1) is 44.3. The molecular formula is C41H51N5O7S3. The van der Waals surface area contributed by atoms with Crippen molar-refractivity contribution in [2.45, 2.75) is 89.8 Å². The number of nitrogens with one attached hydrogen (secondary N) is 2. The molecule has 0 aliphatic heterocycles. The Labute approximate surface area is 340 Å². The number of aliphatic carboxylic acids is 2. The lowest BCUT2D eigenvalue weighted by atomic mass is 9.95. The number of carboxylic acid groups (broad SMARTS) is 2. The minimum Gasteiger partial charge on any atom is -0.494 e. The molecular weight excluding hydrogens is 771 g/mol. The fourth-order valence-electron chi connectivity index (χ4n) is 5.35. The average molecular weight is 822 g/mol.